The second-order valence-corrected chi connectivity index (χ2v) is 9.85. The zero-order chi connectivity index (χ0) is 20.9. The maximum Gasteiger partial charge on any atom is 0.310 e. The van der Waals surface area contributed by atoms with Crippen LogP contribution in [0.1, 0.15) is 36.9 Å². The second-order valence-electron chi connectivity index (χ2n) is 6.97. The first-order valence-electron chi connectivity index (χ1n) is 9.68. The highest BCUT2D eigenvalue weighted by atomic mass is 32.2. The van der Waals surface area contributed by atoms with Crippen molar-refractivity contribution in [2.75, 3.05) is 20.2 Å². The highest BCUT2D eigenvalue weighted by molar-refractivity contribution is 7.89. The van der Waals surface area contributed by atoms with Crippen molar-refractivity contribution in [1.82, 2.24) is 9.29 Å². The summed E-state index contributed by atoms with van der Waals surface area (Å²) in [6.45, 7) is 2.74. The molecule has 0 saturated carbocycles. The van der Waals surface area contributed by atoms with Crippen LogP contribution in [0.25, 0.3) is 0 Å². The normalized spacial score (nSPS) is 17.8. The lowest BCUT2D eigenvalue weighted by atomic mass is 10.00. The van der Waals surface area contributed by atoms with Crippen molar-refractivity contribution in [3.63, 3.8) is 0 Å². The van der Waals surface area contributed by atoms with Crippen molar-refractivity contribution in [2.45, 2.75) is 44.1 Å². The molecule has 0 N–H and O–H groups in total. The third-order valence-electron chi connectivity index (χ3n) is 4.84. The maximum absolute atomic E-state index is 12.9. The van der Waals surface area contributed by atoms with E-state index in [-0.39, 0.29) is 24.0 Å². The number of hydrogen-bond donors (Lipinski definition) is 0. The smallest absolute Gasteiger partial charge is 0.310 e. The molecule has 1 fully saturated rings. The number of aromatic nitrogens is 1. The van der Waals surface area contributed by atoms with Crippen LogP contribution in [0.2, 0.25) is 0 Å². The molecule has 1 aromatic carbocycles. The Morgan fingerprint density at radius 2 is 2.07 bits per heavy atom. The summed E-state index contributed by atoms with van der Waals surface area (Å²) in [5.74, 6) is -0.247. The summed E-state index contributed by atoms with van der Waals surface area (Å²) in [5, 5.41) is 2.94. The molecule has 2 aromatic rings. The van der Waals surface area contributed by atoms with E-state index in [2.05, 4.69) is 11.9 Å². The lowest BCUT2D eigenvalue weighted by molar-refractivity contribution is -0.151. The molecule has 0 amide bonds. The monoisotopic (exact) mass is 438 g/mol. The minimum Gasteiger partial charge on any atom is -0.497 e. The minimum atomic E-state index is -3.66. The first kappa shape index (κ1) is 21.7. The molecule has 0 aliphatic carbocycles. The van der Waals surface area contributed by atoms with Gasteiger partial charge in [0.15, 0.2) is 0 Å². The van der Waals surface area contributed by atoms with E-state index in [0.717, 1.165) is 23.5 Å². The van der Waals surface area contributed by atoms with E-state index in [1.54, 1.807) is 23.5 Å². The molecule has 2 heterocycles. The molecule has 0 bridgehead atoms. The Kier molecular flexibility index (Phi) is 7.26. The fraction of sp³-hybridized carbons (Fsp3) is 0.500. The molecule has 1 aliphatic rings. The van der Waals surface area contributed by atoms with E-state index in [4.69, 9.17) is 9.47 Å². The van der Waals surface area contributed by atoms with E-state index >= 15 is 0 Å². The van der Waals surface area contributed by atoms with Gasteiger partial charge in [-0.05, 0) is 49.9 Å². The summed E-state index contributed by atoms with van der Waals surface area (Å²) in [6, 6.07) is 6.27. The number of piperidine rings is 1. The quantitative estimate of drug-likeness (QED) is 0.588. The van der Waals surface area contributed by atoms with Gasteiger partial charge in [-0.25, -0.2) is 13.4 Å². The van der Waals surface area contributed by atoms with Crippen LogP contribution >= 0.6 is 11.3 Å². The number of rotatable bonds is 8. The zero-order valence-corrected chi connectivity index (χ0v) is 18.3. The van der Waals surface area contributed by atoms with Crippen molar-refractivity contribution in [1.29, 1.82) is 0 Å². The van der Waals surface area contributed by atoms with E-state index in [1.165, 1.54) is 23.5 Å². The van der Waals surface area contributed by atoms with Crippen LogP contribution < -0.4 is 4.74 Å². The highest BCUT2D eigenvalue weighted by Gasteiger charge is 2.34. The van der Waals surface area contributed by atoms with Crippen molar-refractivity contribution in [3.8, 4) is 5.75 Å². The molecule has 0 spiro atoms. The Morgan fingerprint density at radius 3 is 2.76 bits per heavy atom. The van der Waals surface area contributed by atoms with Gasteiger partial charge in [0.05, 0.1) is 28.6 Å². The number of hydrogen-bond acceptors (Lipinski definition) is 7. The van der Waals surface area contributed by atoms with Crippen molar-refractivity contribution < 1.29 is 22.7 Å². The first-order valence-corrected chi connectivity index (χ1v) is 12.0. The van der Waals surface area contributed by atoms with Crippen LogP contribution in [0.4, 0.5) is 0 Å². The first-order chi connectivity index (χ1) is 13.9. The van der Waals surface area contributed by atoms with Gasteiger partial charge in [-0.3, -0.25) is 4.79 Å². The Morgan fingerprint density at radius 1 is 1.31 bits per heavy atom. The maximum atomic E-state index is 12.9. The predicted molar refractivity (Wildman–Crippen MR) is 110 cm³/mol. The number of benzene rings is 1. The number of thiazole rings is 1. The molecule has 7 nitrogen and oxygen atoms in total. The highest BCUT2D eigenvalue weighted by Crippen LogP contribution is 2.26. The molecule has 29 heavy (non-hydrogen) atoms. The Hall–Kier alpha value is -1.97. The molecule has 1 atom stereocenters. The molecule has 1 unspecified atom stereocenters. The molecule has 3 rings (SSSR count). The summed E-state index contributed by atoms with van der Waals surface area (Å²) >= 11 is 1.57. The van der Waals surface area contributed by atoms with Crippen molar-refractivity contribution in [3.05, 3.63) is 40.3 Å². The Bertz CT molecular complexity index is 925. The number of carbonyl (C=O) groups excluding carboxylic acids is 1. The largest absolute Gasteiger partial charge is 0.497 e. The lowest BCUT2D eigenvalue weighted by Crippen LogP contribution is -2.42. The van der Waals surface area contributed by atoms with Crippen LogP contribution in [0.5, 0.6) is 5.75 Å². The molecule has 1 aromatic heterocycles. The van der Waals surface area contributed by atoms with Gasteiger partial charge >= 0.3 is 5.97 Å². The van der Waals surface area contributed by atoms with E-state index in [1.807, 2.05) is 5.38 Å². The van der Waals surface area contributed by atoms with Crippen LogP contribution in [-0.4, -0.2) is 43.9 Å². The summed E-state index contributed by atoms with van der Waals surface area (Å²) in [6.07, 6.45) is 3.17. The van der Waals surface area contributed by atoms with Gasteiger partial charge in [0.2, 0.25) is 10.0 Å². The number of carbonyl (C=O) groups is 1. The third kappa shape index (κ3) is 5.34. The van der Waals surface area contributed by atoms with Gasteiger partial charge in [-0.1, -0.05) is 6.92 Å². The van der Waals surface area contributed by atoms with Gasteiger partial charge in [0.25, 0.3) is 0 Å². The van der Waals surface area contributed by atoms with Crippen molar-refractivity contribution in [2.24, 2.45) is 5.92 Å². The number of nitrogens with zero attached hydrogens (tertiary/aromatic N) is 2. The van der Waals surface area contributed by atoms with Crippen LogP contribution in [0.15, 0.2) is 34.5 Å². The fourth-order valence-corrected chi connectivity index (χ4v) is 5.67. The Labute approximate surface area is 175 Å². The van der Waals surface area contributed by atoms with Crippen LogP contribution in [-0.2, 0) is 32.6 Å². The van der Waals surface area contributed by atoms with Gasteiger partial charge in [0.1, 0.15) is 12.4 Å². The van der Waals surface area contributed by atoms with Gasteiger partial charge in [-0.15, -0.1) is 11.3 Å². The van der Waals surface area contributed by atoms with Gasteiger partial charge in [0, 0.05) is 18.5 Å². The SMILES string of the molecule is CCCc1nc(COC(=O)C2CCCN(S(=O)(=O)c3ccc(OC)cc3)C2)cs1. The average Bonchev–Trinajstić information content (AvgIpc) is 3.20. The number of esters is 1. The number of ether oxygens (including phenoxy) is 2. The third-order valence-corrected chi connectivity index (χ3v) is 7.68. The summed E-state index contributed by atoms with van der Waals surface area (Å²) in [5.41, 5.74) is 0.741. The molecule has 158 valence electrons. The summed E-state index contributed by atoms with van der Waals surface area (Å²) in [7, 11) is -2.14. The minimum absolute atomic E-state index is 0.126. The number of sulfonamides is 1. The summed E-state index contributed by atoms with van der Waals surface area (Å²) in [4.78, 5) is 17.2. The summed E-state index contributed by atoms with van der Waals surface area (Å²) < 4.78 is 37.7. The number of aryl methyl sites for hydroxylation is 1. The molecule has 1 aliphatic heterocycles. The molecular weight excluding hydrogens is 412 g/mol. The second kappa shape index (κ2) is 9.69. The fourth-order valence-electron chi connectivity index (χ4n) is 3.26. The van der Waals surface area contributed by atoms with Crippen LogP contribution in [0.3, 0.4) is 0 Å². The standard InChI is InChI=1S/C20H26N2O5S2/c1-3-5-19-21-16(14-28-19)13-27-20(23)15-6-4-11-22(12-15)29(24,25)18-9-7-17(26-2)8-10-18/h7-10,14-15H,3-6,11-13H2,1-2H3. The molecule has 9 heteroatoms. The van der Waals surface area contributed by atoms with E-state index < -0.39 is 15.9 Å². The molecule has 1 saturated heterocycles. The topological polar surface area (TPSA) is 85.8 Å². The van der Waals surface area contributed by atoms with E-state index in [9.17, 15) is 13.2 Å². The van der Waals surface area contributed by atoms with Gasteiger partial charge < -0.3 is 9.47 Å². The lowest BCUT2D eigenvalue weighted by Gasteiger charge is -2.30. The molecular formula is C20H26N2O5S2. The average molecular weight is 439 g/mol. The molecule has 0 radical (unpaired) electrons. The van der Waals surface area contributed by atoms with Crippen LogP contribution in [0, 0.1) is 5.92 Å². The van der Waals surface area contributed by atoms with Gasteiger partial charge in [-0.2, -0.15) is 4.31 Å². The van der Waals surface area contributed by atoms with Crippen molar-refractivity contribution >= 4 is 27.3 Å². The zero-order valence-electron chi connectivity index (χ0n) is 16.7. The number of methoxy groups -OCH3 is 1. The predicted octanol–water partition coefficient (Wildman–Crippen LogP) is 3.25. The van der Waals surface area contributed by atoms with E-state index in [0.29, 0.717) is 25.1 Å². The Balaban J connectivity index is 1.60.